The molecule has 0 aromatic carbocycles. The van der Waals surface area contributed by atoms with Crippen molar-refractivity contribution in [2.75, 3.05) is 0 Å². The van der Waals surface area contributed by atoms with Crippen LogP contribution in [-0.2, 0) is 14.3 Å². The molecule has 2 fully saturated rings. The number of aliphatic hydroxyl groups is 2. The smallest absolute Gasteiger partial charge is 0.334 e. The van der Waals surface area contributed by atoms with E-state index in [0.717, 1.165) is 11.1 Å². The fourth-order valence-electron chi connectivity index (χ4n) is 3.96. The summed E-state index contributed by atoms with van der Waals surface area (Å²) in [6, 6.07) is 1.77. The van der Waals surface area contributed by atoms with E-state index < -0.39 is 17.1 Å². The SMILES string of the molecule is CC(CCC1(C)C(=O)CCC(O)C1(C)O)=C1CC(c2ccoc2)OC1=O. The molecule has 0 amide bonds. The third kappa shape index (κ3) is 3.01. The number of rotatable bonds is 4. The predicted molar refractivity (Wildman–Crippen MR) is 93.1 cm³/mol. The number of furan rings is 1. The second-order valence-electron chi connectivity index (χ2n) is 7.87. The maximum absolute atomic E-state index is 12.5. The first-order valence-corrected chi connectivity index (χ1v) is 9.02. The number of allylic oxidation sites excluding steroid dienone is 1. The topological polar surface area (TPSA) is 97.0 Å². The zero-order valence-corrected chi connectivity index (χ0v) is 15.4. The molecule has 4 unspecified atom stereocenters. The van der Waals surface area contributed by atoms with Crippen LogP contribution in [0.5, 0.6) is 0 Å². The number of cyclic esters (lactones) is 1. The number of aliphatic hydroxyl groups excluding tert-OH is 1. The zero-order valence-electron chi connectivity index (χ0n) is 15.4. The van der Waals surface area contributed by atoms with Crippen molar-refractivity contribution < 1.29 is 29.0 Å². The Bertz CT molecular complexity index is 729. The summed E-state index contributed by atoms with van der Waals surface area (Å²) in [6.45, 7) is 5.09. The lowest BCUT2D eigenvalue weighted by molar-refractivity contribution is -0.180. The van der Waals surface area contributed by atoms with E-state index in [-0.39, 0.29) is 30.7 Å². The molecule has 4 atom stereocenters. The second-order valence-corrected chi connectivity index (χ2v) is 7.87. The molecule has 142 valence electrons. The monoisotopic (exact) mass is 362 g/mol. The van der Waals surface area contributed by atoms with Gasteiger partial charge in [0.15, 0.2) is 0 Å². The minimum Gasteiger partial charge on any atom is -0.472 e. The Morgan fingerprint density at radius 2 is 2.08 bits per heavy atom. The van der Waals surface area contributed by atoms with Gasteiger partial charge in [0.1, 0.15) is 11.9 Å². The molecule has 1 aromatic rings. The van der Waals surface area contributed by atoms with E-state index in [9.17, 15) is 19.8 Å². The molecule has 6 heteroatoms. The van der Waals surface area contributed by atoms with Crippen molar-refractivity contribution in [3.63, 3.8) is 0 Å². The van der Waals surface area contributed by atoms with Crippen molar-refractivity contribution in [1.29, 1.82) is 0 Å². The number of ketones is 1. The van der Waals surface area contributed by atoms with Crippen LogP contribution in [0.25, 0.3) is 0 Å². The highest BCUT2D eigenvalue weighted by atomic mass is 16.5. The van der Waals surface area contributed by atoms with Gasteiger partial charge in [-0.05, 0) is 46.1 Å². The number of Topliss-reactive ketones (excluding diaryl/α,β-unsaturated/α-hetero) is 1. The summed E-state index contributed by atoms with van der Waals surface area (Å²) in [7, 11) is 0. The van der Waals surface area contributed by atoms with Gasteiger partial charge in [-0.25, -0.2) is 4.79 Å². The van der Waals surface area contributed by atoms with Crippen LogP contribution in [0.3, 0.4) is 0 Å². The third-order valence-corrected chi connectivity index (χ3v) is 6.34. The van der Waals surface area contributed by atoms with Crippen LogP contribution in [0, 0.1) is 5.41 Å². The molecule has 1 aromatic heterocycles. The molecular formula is C20H26O6. The Morgan fingerprint density at radius 1 is 1.35 bits per heavy atom. The molecule has 1 saturated carbocycles. The lowest BCUT2D eigenvalue weighted by atomic mass is 9.60. The fraction of sp³-hybridized carbons (Fsp3) is 0.600. The van der Waals surface area contributed by atoms with E-state index in [2.05, 4.69) is 0 Å². The molecular weight excluding hydrogens is 336 g/mol. The summed E-state index contributed by atoms with van der Waals surface area (Å²) in [6.07, 6.45) is 3.69. The van der Waals surface area contributed by atoms with Crippen LogP contribution in [0.4, 0.5) is 0 Å². The Balaban J connectivity index is 1.75. The molecule has 0 bridgehead atoms. The Labute approximate surface area is 152 Å². The van der Waals surface area contributed by atoms with Gasteiger partial charge in [0.25, 0.3) is 0 Å². The molecule has 26 heavy (non-hydrogen) atoms. The zero-order chi connectivity index (χ0) is 19.1. The van der Waals surface area contributed by atoms with Gasteiger partial charge in [0.2, 0.25) is 0 Å². The highest BCUT2D eigenvalue weighted by Gasteiger charge is 2.55. The van der Waals surface area contributed by atoms with Crippen molar-refractivity contribution in [3.8, 4) is 0 Å². The lowest BCUT2D eigenvalue weighted by Crippen LogP contribution is -2.59. The molecule has 2 aliphatic rings. The van der Waals surface area contributed by atoms with Crippen molar-refractivity contribution in [3.05, 3.63) is 35.3 Å². The lowest BCUT2D eigenvalue weighted by Gasteiger charge is -2.48. The third-order valence-electron chi connectivity index (χ3n) is 6.34. The fourth-order valence-corrected chi connectivity index (χ4v) is 3.96. The standard InChI is InChI=1S/C20H26O6/c1-12(14-10-15(26-18(14)23)13-7-9-25-11-13)6-8-19(2)16(21)4-5-17(22)20(19,3)24/h7,9,11,15,17,22,24H,4-6,8,10H2,1-3H3. The molecule has 0 radical (unpaired) electrons. The maximum Gasteiger partial charge on any atom is 0.334 e. The first kappa shape index (κ1) is 18.9. The number of ether oxygens (including phenoxy) is 1. The molecule has 0 spiro atoms. The van der Waals surface area contributed by atoms with Crippen LogP contribution in [0.1, 0.15) is 64.5 Å². The van der Waals surface area contributed by atoms with Gasteiger partial charge in [-0.3, -0.25) is 4.79 Å². The van der Waals surface area contributed by atoms with E-state index >= 15 is 0 Å². The first-order chi connectivity index (χ1) is 12.2. The maximum atomic E-state index is 12.5. The molecule has 1 saturated heterocycles. The minimum atomic E-state index is -1.48. The molecule has 1 aliphatic heterocycles. The van der Waals surface area contributed by atoms with E-state index in [1.54, 1.807) is 25.5 Å². The molecule has 3 rings (SSSR count). The first-order valence-electron chi connectivity index (χ1n) is 9.02. The van der Waals surface area contributed by atoms with Crippen molar-refractivity contribution in [1.82, 2.24) is 0 Å². The second kappa shape index (κ2) is 6.67. The van der Waals surface area contributed by atoms with Crippen LogP contribution in [0.15, 0.2) is 34.2 Å². The van der Waals surface area contributed by atoms with Crippen LogP contribution < -0.4 is 0 Å². The largest absolute Gasteiger partial charge is 0.472 e. The normalized spacial score (nSPS) is 37.0. The summed E-state index contributed by atoms with van der Waals surface area (Å²) in [4.78, 5) is 24.7. The van der Waals surface area contributed by atoms with Gasteiger partial charge in [-0.2, -0.15) is 0 Å². The average molecular weight is 362 g/mol. The number of hydrogen-bond acceptors (Lipinski definition) is 6. The number of carbonyl (C=O) groups excluding carboxylic acids is 2. The van der Waals surface area contributed by atoms with E-state index in [1.165, 1.54) is 6.92 Å². The van der Waals surface area contributed by atoms with Crippen LogP contribution in [-0.4, -0.2) is 33.7 Å². The van der Waals surface area contributed by atoms with Crippen molar-refractivity contribution in [2.24, 2.45) is 5.41 Å². The molecule has 2 heterocycles. The highest BCUT2D eigenvalue weighted by Crippen LogP contribution is 2.46. The highest BCUT2D eigenvalue weighted by molar-refractivity contribution is 5.91. The van der Waals surface area contributed by atoms with Crippen LogP contribution >= 0.6 is 0 Å². The van der Waals surface area contributed by atoms with E-state index in [0.29, 0.717) is 24.8 Å². The summed E-state index contributed by atoms with van der Waals surface area (Å²) in [5.41, 5.74) is -0.238. The average Bonchev–Trinajstić information content (AvgIpc) is 3.24. The molecule has 1 aliphatic carbocycles. The summed E-state index contributed by atoms with van der Waals surface area (Å²) in [5, 5.41) is 20.9. The quantitative estimate of drug-likeness (QED) is 0.631. The summed E-state index contributed by atoms with van der Waals surface area (Å²) in [5.74, 6) is -0.392. The Morgan fingerprint density at radius 3 is 2.73 bits per heavy atom. The van der Waals surface area contributed by atoms with Gasteiger partial charge in [0.05, 0.1) is 29.6 Å². The molecule has 2 N–H and O–H groups in total. The Hall–Kier alpha value is -1.92. The number of carbonyl (C=O) groups is 2. The van der Waals surface area contributed by atoms with Gasteiger partial charge in [-0.1, -0.05) is 5.57 Å². The predicted octanol–water partition coefficient (Wildman–Crippen LogP) is 2.85. The summed E-state index contributed by atoms with van der Waals surface area (Å²) < 4.78 is 10.5. The number of hydrogen-bond donors (Lipinski definition) is 2. The van der Waals surface area contributed by atoms with Gasteiger partial charge in [-0.15, -0.1) is 0 Å². The molecule has 6 nitrogen and oxygen atoms in total. The minimum absolute atomic E-state index is 0.0455. The van der Waals surface area contributed by atoms with Gasteiger partial charge >= 0.3 is 5.97 Å². The van der Waals surface area contributed by atoms with Crippen molar-refractivity contribution >= 4 is 11.8 Å². The van der Waals surface area contributed by atoms with Gasteiger partial charge < -0.3 is 19.4 Å². The van der Waals surface area contributed by atoms with Crippen LogP contribution in [0.2, 0.25) is 0 Å². The van der Waals surface area contributed by atoms with Gasteiger partial charge in [0, 0.05) is 24.0 Å². The van der Waals surface area contributed by atoms with Crippen molar-refractivity contribution in [2.45, 2.75) is 70.7 Å². The van der Waals surface area contributed by atoms with E-state index in [1.807, 2.05) is 6.92 Å². The van der Waals surface area contributed by atoms with E-state index in [4.69, 9.17) is 9.15 Å². The summed E-state index contributed by atoms with van der Waals surface area (Å²) >= 11 is 0. The number of esters is 1. The Kier molecular flexibility index (Phi) is 4.84.